The van der Waals surface area contributed by atoms with Gasteiger partial charge in [-0.3, -0.25) is 5.10 Å². The lowest BCUT2D eigenvalue weighted by molar-refractivity contribution is -0.264. The van der Waals surface area contributed by atoms with Crippen molar-refractivity contribution >= 4 is 17.9 Å². The molecule has 0 bridgehead atoms. The highest BCUT2D eigenvalue weighted by molar-refractivity contribution is 5.90. The zero-order chi connectivity index (χ0) is 38.2. The Morgan fingerprint density at radius 2 is 1.26 bits per heavy atom. The summed E-state index contributed by atoms with van der Waals surface area (Å²) in [7, 11) is 1.44. The van der Waals surface area contributed by atoms with Gasteiger partial charge >= 0.3 is 24.1 Å². The second-order valence-electron chi connectivity index (χ2n) is 11.9. The number of nitrogens with one attached hydrogen (secondary N) is 1. The Balaban J connectivity index is 1.38. The van der Waals surface area contributed by atoms with Gasteiger partial charge in [-0.1, -0.05) is 66.7 Å². The van der Waals surface area contributed by atoms with Crippen LogP contribution in [0.2, 0.25) is 0 Å². The quantitative estimate of drug-likeness (QED) is 0.0827. The maximum atomic E-state index is 16.6. The van der Waals surface area contributed by atoms with E-state index in [9.17, 15) is 27.6 Å². The van der Waals surface area contributed by atoms with Crippen LogP contribution in [0.25, 0.3) is 0 Å². The summed E-state index contributed by atoms with van der Waals surface area (Å²) in [5.41, 5.74) is -1.14. The Hall–Kier alpha value is -6.22. The molecule has 0 spiro atoms. The molecule has 0 saturated carbocycles. The van der Waals surface area contributed by atoms with Crippen LogP contribution in [0.1, 0.15) is 47.9 Å². The molecule has 5 unspecified atom stereocenters. The van der Waals surface area contributed by atoms with Gasteiger partial charge in [0.1, 0.15) is 24.2 Å². The molecule has 6 rings (SSSR count). The van der Waals surface area contributed by atoms with Crippen molar-refractivity contribution in [2.75, 3.05) is 13.7 Å². The summed E-state index contributed by atoms with van der Waals surface area (Å²) >= 11 is 0. The standard InChI is InChI=1S/C39H32F4N2O9/c1-49-27-19-17-23(18-20-27)21-28-33(39(41,42)43)44-45-34(28)54-38-32(53-37(48)26-15-9-4-10-16-26)31(52-36(47)25-13-7-3-8-14-25)30(40)29(51-38)22-50-35(46)24-11-5-2-6-12-24/h2-20,29-32,38H,21-22H2,1H3,(H,44,45). The molecular formula is C39H32F4N2O9. The van der Waals surface area contributed by atoms with E-state index in [-0.39, 0.29) is 23.1 Å². The number of aromatic nitrogens is 2. The van der Waals surface area contributed by atoms with Gasteiger partial charge in [0, 0.05) is 6.42 Å². The summed E-state index contributed by atoms with van der Waals surface area (Å²) in [6.45, 7) is -0.763. The van der Waals surface area contributed by atoms with Crippen LogP contribution in [0.4, 0.5) is 17.6 Å². The number of carbonyl (C=O) groups is 3. The predicted molar refractivity (Wildman–Crippen MR) is 182 cm³/mol. The van der Waals surface area contributed by atoms with Crippen molar-refractivity contribution in [1.82, 2.24) is 10.2 Å². The van der Waals surface area contributed by atoms with Crippen molar-refractivity contribution < 1.29 is 60.4 Å². The highest BCUT2D eigenvalue weighted by Gasteiger charge is 2.53. The summed E-state index contributed by atoms with van der Waals surface area (Å²) in [5.74, 6) is -3.05. The first kappa shape index (κ1) is 37.5. The number of carbonyl (C=O) groups excluding carboxylic acids is 3. The monoisotopic (exact) mass is 748 g/mol. The minimum absolute atomic E-state index is 0.0118. The van der Waals surface area contributed by atoms with Crippen LogP contribution in [0, 0.1) is 0 Å². The largest absolute Gasteiger partial charge is 0.497 e. The number of alkyl halides is 4. The van der Waals surface area contributed by atoms with E-state index in [1.807, 2.05) is 5.10 Å². The van der Waals surface area contributed by atoms with Gasteiger partial charge < -0.3 is 28.4 Å². The van der Waals surface area contributed by atoms with Gasteiger partial charge in [-0.2, -0.15) is 13.2 Å². The number of halogens is 4. The van der Waals surface area contributed by atoms with Crippen molar-refractivity contribution in [3.63, 3.8) is 0 Å². The van der Waals surface area contributed by atoms with Crippen LogP contribution < -0.4 is 9.47 Å². The van der Waals surface area contributed by atoms with Gasteiger partial charge in [-0.25, -0.2) is 18.8 Å². The topological polar surface area (TPSA) is 135 Å². The zero-order valence-electron chi connectivity index (χ0n) is 28.4. The molecule has 0 radical (unpaired) electrons. The molecule has 0 aliphatic carbocycles. The molecule has 15 heteroatoms. The fraction of sp³-hybridized carbons (Fsp3) is 0.231. The Morgan fingerprint density at radius 3 is 1.78 bits per heavy atom. The van der Waals surface area contributed by atoms with E-state index < -0.39 is 78.6 Å². The van der Waals surface area contributed by atoms with E-state index in [4.69, 9.17) is 28.4 Å². The Kier molecular flexibility index (Phi) is 11.6. The van der Waals surface area contributed by atoms with Crippen LogP contribution in [0.15, 0.2) is 115 Å². The van der Waals surface area contributed by atoms with Crippen molar-refractivity contribution in [3.8, 4) is 11.6 Å². The number of esters is 3. The lowest BCUT2D eigenvalue weighted by Gasteiger charge is -2.41. The molecule has 1 aromatic heterocycles. The maximum absolute atomic E-state index is 16.6. The van der Waals surface area contributed by atoms with E-state index >= 15 is 4.39 Å². The van der Waals surface area contributed by atoms with Gasteiger partial charge in [-0.15, -0.1) is 5.10 Å². The second kappa shape index (κ2) is 16.6. The van der Waals surface area contributed by atoms with Gasteiger partial charge in [0.05, 0.1) is 29.4 Å². The van der Waals surface area contributed by atoms with Gasteiger partial charge in [0.15, 0.2) is 12.3 Å². The molecule has 1 saturated heterocycles. The molecular weight excluding hydrogens is 716 g/mol. The smallest absolute Gasteiger partial charge is 0.433 e. The Bertz CT molecular complexity index is 2030. The fourth-order valence-electron chi connectivity index (χ4n) is 5.60. The first-order valence-corrected chi connectivity index (χ1v) is 16.5. The summed E-state index contributed by atoms with van der Waals surface area (Å²) in [5, 5.41) is 5.73. The molecule has 5 atom stereocenters. The third-order valence-electron chi connectivity index (χ3n) is 8.34. The highest BCUT2D eigenvalue weighted by atomic mass is 19.4. The number of H-pyrrole nitrogens is 1. The van der Waals surface area contributed by atoms with Crippen molar-refractivity contribution in [3.05, 3.63) is 149 Å². The van der Waals surface area contributed by atoms with Crippen LogP contribution >= 0.6 is 0 Å². The van der Waals surface area contributed by atoms with Crippen LogP contribution in [-0.2, 0) is 31.5 Å². The highest BCUT2D eigenvalue weighted by Crippen LogP contribution is 2.38. The third kappa shape index (κ3) is 8.86. The summed E-state index contributed by atoms with van der Waals surface area (Å²) < 4.78 is 93.1. The minimum atomic E-state index is -4.92. The van der Waals surface area contributed by atoms with Gasteiger partial charge in [-0.05, 0) is 54.1 Å². The first-order chi connectivity index (χ1) is 26.0. The van der Waals surface area contributed by atoms with E-state index in [1.165, 1.54) is 55.6 Å². The maximum Gasteiger partial charge on any atom is 0.433 e. The van der Waals surface area contributed by atoms with Crippen molar-refractivity contribution in [2.45, 2.75) is 43.4 Å². The average molecular weight is 749 g/mol. The van der Waals surface area contributed by atoms with E-state index in [0.717, 1.165) is 0 Å². The SMILES string of the molecule is COc1ccc(Cc2c(OC3OC(COC(=O)c4ccccc4)C(F)C(OC(=O)c4ccccc4)C3OC(=O)c3ccccc3)n[nH]c2C(F)(F)F)cc1. The number of benzene rings is 4. The van der Waals surface area contributed by atoms with Gasteiger partial charge in [0.2, 0.25) is 18.3 Å². The molecule has 4 aromatic carbocycles. The minimum Gasteiger partial charge on any atom is -0.497 e. The summed E-state index contributed by atoms with van der Waals surface area (Å²) in [6, 6.07) is 29.0. The molecule has 54 heavy (non-hydrogen) atoms. The van der Waals surface area contributed by atoms with Crippen molar-refractivity contribution in [1.29, 1.82) is 0 Å². The zero-order valence-corrected chi connectivity index (χ0v) is 28.4. The lowest BCUT2D eigenvalue weighted by atomic mass is 9.99. The van der Waals surface area contributed by atoms with Crippen LogP contribution in [-0.4, -0.2) is 72.6 Å². The molecule has 1 aliphatic rings. The van der Waals surface area contributed by atoms with Crippen molar-refractivity contribution in [2.24, 2.45) is 0 Å². The van der Waals surface area contributed by atoms with E-state index in [1.54, 1.807) is 66.7 Å². The van der Waals surface area contributed by atoms with Crippen LogP contribution in [0.3, 0.4) is 0 Å². The number of rotatable bonds is 12. The number of methoxy groups -OCH3 is 1. The third-order valence-corrected chi connectivity index (χ3v) is 8.34. The molecule has 2 heterocycles. The van der Waals surface area contributed by atoms with E-state index in [0.29, 0.717) is 11.3 Å². The second-order valence-corrected chi connectivity index (χ2v) is 11.9. The number of hydrogen-bond donors (Lipinski definition) is 1. The molecule has 5 aromatic rings. The first-order valence-electron chi connectivity index (χ1n) is 16.5. The predicted octanol–water partition coefficient (Wildman–Crippen LogP) is 6.78. The molecule has 0 amide bonds. The molecule has 1 N–H and O–H groups in total. The molecule has 280 valence electrons. The Morgan fingerprint density at radius 1 is 0.741 bits per heavy atom. The summed E-state index contributed by atoms with van der Waals surface area (Å²) in [6.07, 6.45) is -15.2. The number of hydrogen-bond acceptors (Lipinski definition) is 10. The number of aromatic amines is 1. The lowest BCUT2D eigenvalue weighted by Crippen LogP contribution is -2.61. The Labute approximate surface area is 305 Å². The fourth-order valence-corrected chi connectivity index (χ4v) is 5.60. The summed E-state index contributed by atoms with van der Waals surface area (Å²) in [4.78, 5) is 39.6. The van der Waals surface area contributed by atoms with Crippen LogP contribution in [0.5, 0.6) is 11.6 Å². The number of ether oxygens (including phenoxy) is 6. The van der Waals surface area contributed by atoms with E-state index in [2.05, 4.69) is 5.10 Å². The molecule has 1 fully saturated rings. The molecule has 11 nitrogen and oxygen atoms in total. The van der Waals surface area contributed by atoms with Gasteiger partial charge in [0.25, 0.3) is 0 Å². The normalized spacial score (nSPS) is 19.7. The molecule has 1 aliphatic heterocycles. The average Bonchev–Trinajstić information content (AvgIpc) is 3.59. The number of nitrogens with zero attached hydrogens (tertiary/aromatic N) is 1.